The molecule has 5 nitrogen and oxygen atoms in total. The van der Waals surface area contributed by atoms with Crippen LogP contribution in [0.15, 0.2) is 12.7 Å². The number of methoxy groups -OCH3 is 1. The van der Waals surface area contributed by atoms with E-state index >= 15 is 0 Å². The Balaban J connectivity index is 0.00000289. The van der Waals surface area contributed by atoms with E-state index in [0.717, 1.165) is 25.9 Å². The number of amides is 1. The number of carbonyl (C=O) groups excluding carboxylic acids is 2. The summed E-state index contributed by atoms with van der Waals surface area (Å²) in [6, 6.07) is -0.431. The highest BCUT2D eigenvalue weighted by molar-refractivity contribution is 5.87. The number of rotatable bonds is 6. The summed E-state index contributed by atoms with van der Waals surface area (Å²) >= 11 is 0. The van der Waals surface area contributed by atoms with Crippen molar-refractivity contribution >= 4 is 24.3 Å². The minimum absolute atomic E-state index is 0. The van der Waals surface area contributed by atoms with Gasteiger partial charge in [-0.15, -0.1) is 19.0 Å². The Morgan fingerprint density at radius 3 is 3.00 bits per heavy atom. The van der Waals surface area contributed by atoms with Crippen molar-refractivity contribution in [2.24, 2.45) is 0 Å². The van der Waals surface area contributed by atoms with E-state index in [2.05, 4.69) is 16.6 Å². The number of esters is 1. The van der Waals surface area contributed by atoms with Gasteiger partial charge in [0.05, 0.1) is 19.6 Å². The van der Waals surface area contributed by atoms with Gasteiger partial charge in [0, 0.05) is 19.6 Å². The SMILES string of the molecule is C=CCCCN1CCNC(CC(=O)OC)C1=O.Cl. The van der Waals surface area contributed by atoms with E-state index in [-0.39, 0.29) is 30.7 Å². The minimum Gasteiger partial charge on any atom is -0.469 e. The summed E-state index contributed by atoms with van der Waals surface area (Å²) < 4.78 is 4.57. The van der Waals surface area contributed by atoms with Gasteiger partial charge in [-0.2, -0.15) is 0 Å². The maximum absolute atomic E-state index is 12.0. The summed E-state index contributed by atoms with van der Waals surface area (Å²) in [6.45, 7) is 5.80. The summed E-state index contributed by atoms with van der Waals surface area (Å²) in [7, 11) is 1.33. The van der Waals surface area contributed by atoms with Crippen molar-refractivity contribution in [3.63, 3.8) is 0 Å². The second-order valence-corrected chi connectivity index (χ2v) is 4.04. The zero-order chi connectivity index (χ0) is 12.7. The molecule has 1 aliphatic rings. The number of hydrogen-bond acceptors (Lipinski definition) is 4. The van der Waals surface area contributed by atoms with Gasteiger partial charge in [-0.05, 0) is 12.8 Å². The summed E-state index contributed by atoms with van der Waals surface area (Å²) in [6.07, 6.45) is 3.77. The van der Waals surface area contributed by atoms with Crippen LogP contribution < -0.4 is 5.32 Å². The van der Waals surface area contributed by atoms with Gasteiger partial charge in [-0.25, -0.2) is 0 Å². The van der Waals surface area contributed by atoms with Gasteiger partial charge in [0.2, 0.25) is 5.91 Å². The molecule has 1 amide bonds. The molecule has 0 aliphatic carbocycles. The van der Waals surface area contributed by atoms with Crippen LogP contribution in [-0.2, 0) is 14.3 Å². The summed E-state index contributed by atoms with van der Waals surface area (Å²) in [5.41, 5.74) is 0. The smallest absolute Gasteiger partial charge is 0.307 e. The zero-order valence-electron chi connectivity index (χ0n) is 10.7. The van der Waals surface area contributed by atoms with Gasteiger partial charge in [0.15, 0.2) is 0 Å². The molecule has 1 N–H and O–H groups in total. The van der Waals surface area contributed by atoms with Crippen molar-refractivity contribution in [3.05, 3.63) is 12.7 Å². The zero-order valence-corrected chi connectivity index (χ0v) is 11.5. The first-order chi connectivity index (χ1) is 8.19. The average molecular weight is 277 g/mol. The van der Waals surface area contributed by atoms with Gasteiger partial charge < -0.3 is 15.0 Å². The molecule has 18 heavy (non-hydrogen) atoms. The number of nitrogens with one attached hydrogen (secondary N) is 1. The first kappa shape index (κ1) is 16.9. The Morgan fingerprint density at radius 1 is 1.67 bits per heavy atom. The van der Waals surface area contributed by atoms with Crippen LogP contribution in [0.2, 0.25) is 0 Å². The Morgan fingerprint density at radius 2 is 2.39 bits per heavy atom. The summed E-state index contributed by atoms with van der Waals surface area (Å²) in [5, 5.41) is 3.04. The number of nitrogens with zero attached hydrogens (tertiary/aromatic N) is 1. The lowest BCUT2D eigenvalue weighted by molar-refractivity contribution is -0.146. The summed E-state index contributed by atoms with van der Waals surface area (Å²) in [4.78, 5) is 24.9. The lowest BCUT2D eigenvalue weighted by Gasteiger charge is -2.32. The third kappa shape index (κ3) is 5.06. The van der Waals surface area contributed by atoms with Gasteiger partial charge in [-0.1, -0.05) is 6.08 Å². The topological polar surface area (TPSA) is 58.6 Å². The molecule has 0 radical (unpaired) electrons. The molecule has 1 aliphatic heterocycles. The molecule has 1 atom stereocenters. The molecule has 1 saturated heterocycles. The second-order valence-electron chi connectivity index (χ2n) is 4.04. The number of piperazine rings is 1. The van der Waals surface area contributed by atoms with E-state index in [9.17, 15) is 9.59 Å². The van der Waals surface area contributed by atoms with Crippen molar-refractivity contribution in [1.29, 1.82) is 0 Å². The lowest BCUT2D eigenvalue weighted by Crippen LogP contribution is -2.55. The molecule has 1 heterocycles. The van der Waals surface area contributed by atoms with Crippen molar-refractivity contribution in [1.82, 2.24) is 10.2 Å². The minimum atomic E-state index is -0.431. The van der Waals surface area contributed by atoms with E-state index in [1.807, 2.05) is 6.08 Å². The quantitative estimate of drug-likeness (QED) is 0.442. The lowest BCUT2D eigenvalue weighted by atomic mass is 10.1. The number of halogens is 1. The number of carbonyl (C=O) groups is 2. The van der Waals surface area contributed by atoms with Crippen molar-refractivity contribution in [2.75, 3.05) is 26.7 Å². The Kier molecular flexibility index (Phi) is 8.41. The van der Waals surface area contributed by atoms with Crippen LogP contribution in [0.1, 0.15) is 19.3 Å². The molecule has 0 aromatic rings. The van der Waals surface area contributed by atoms with Crippen LogP contribution >= 0.6 is 12.4 Å². The predicted octanol–water partition coefficient (Wildman–Crippen LogP) is 0.738. The fourth-order valence-electron chi connectivity index (χ4n) is 1.85. The van der Waals surface area contributed by atoms with Gasteiger partial charge >= 0.3 is 5.97 Å². The van der Waals surface area contributed by atoms with E-state index in [1.165, 1.54) is 7.11 Å². The molecule has 1 fully saturated rings. The van der Waals surface area contributed by atoms with Crippen molar-refractivity contribution in [2.45, 2.75) is 25.3 Å². The highest BCUT2D eigenvalue weighted by atomic mass is 35.5. The van der Waals surface area contributed by atoms with Crippen LogP contribution in [0.3, 0.4) is 0 Å². The molecule has 104 valence electrons. The molecule has 6 heteroatoms. The van der Waals surface area contributed by atoms with E-state index in [1.54, 1.807) is 4.90 Å². The number of unbranched alkanes of at least 4 members (excludes halogenated alkanes) is 1. The largest absolute Gasteiger partial charge is 0.469 e. The first-order valence-electron chi connectivity index (χ1n) is 5.89. The standard InChI is InChI=1S/C12H20N2O3.ClH/c1-3-4-5-7-14-8-6-13-10(12(14)16)9-11(15)17-2;/h3,10,13H,1,4-9H2,2H3;1H. The molecular weight excluding hydrogens is 256 g/mol. The van der Waals surface area contributed by atoms with Gasteiger partial charge in [0.1, 0.15) is 0 Å². The maximum atomic E-state index is 12.0. The van der Waals surface area contributed by atoms with E-state index in [0.29, 0.717) is 6.54 Å². The van der Waals surface area contributed by atoms with Crippen LogP contribution in [0, 0.1) is 0 Å². The van der Waals surface area contributed by atoms with Crippen LogP contribution in [-0.4, -0.2) is 49.6 Å². The molecule has 0 aromatic carbocycles. The Labute approximate surface area is 114 Å². The monoisotopic (exact) mass is 276 g/mol. The molecule has 0 spiro atoms. The maximum Gasteiger partial charge on any atom is 0.307 e. The third-order valence-corrected chi connectivity index (χ3v) is 2.82. The van der Waals surface area contributed by atoms with Crippen molar-refractivity contribution in [3.8, 4) is 0 Å². The van der Waals surface area contributed by atoms with Crippen LogP contribution in [0.5, 0.6) is 0 Å². The van der Waals surface area contributed by atoms with Crippen LogP contribution in [0.25, 0.3) is 0 Å². The predicted molar refractivity (Wildman–Crippen MR) is 71.7 cm³/mol. The average Bonchev–Trinajstić information content (AvgIpc) is 2.34. The van der Waals surface area contributed by atoms with Gasteiger partial charge in [-0.3, -0.25) is 9.59 Å². The molecule has 0 saturated carbocycles. The first-order valence-corrected chi connectivity index (χ1v) is 5.89. The second kappa shape index (κ2) is 8.94. The summed E-state index contributed by atoms with van der Waals surface area (Å²) in [5.74, 6) is -0.366. The highest BCUT2D eigenvalue weighted by Gasteiger charge is 2.29. The fraction of sp³-hybridized carbons (Fsp3) is 0.667. The number of allylic oxidation sites excluding steroid dienone is 1. The number of hydrogen-bond donors (Lipinski definition) is 1. The molecule has 0 aromatic heterocycles. The number of ether oxygens (including phenoxy) is 1. The Hall–Kier alpha value is -1.07. The van der Waals surface area contributed by atoms with E-state index < -0.39 is 6.04 Å². The molecule has 1 unspecified atom stereocenters. The van der Waals surface area contributed by atoms with E-state index in [4.69, 9.17) is 0 Å². The van der Waals surface area contributed by atoms with Crippen LogP contribution in [0.4, 0.5) is 0 Å². The van der Waals surface area contributed by atoms with Crippen molar-refractivity contribution < 1.29 is 14.3 Å². The molecule has 1 rings (SSSR count). The molecule has 0 bridgehead atoms. The fourth-order valence-corrected chi connectivity index (χ4v) is 1.85. The highest BCUT2D eigenvalue weighted by Crippen LogP contribution is 2.07. The molecular formula is C12H21ClN2O3. The normalized spacial score (nSPS) is 19.1. The Bertz CT molecular complexity index is 297. The third-order valence-electron chi connectivity index (χ3n) is 2.82. The van der Waals surface area contributed by atoms with Gasteiger partial charge in [0.25, 0.3) is 0 Å².